The summed E-state index contributed by atoms with van der Waals surface area (Å²) in [6.07, 6.45) is 0.634. The Hall–Kier alpha value is -1.44. The Labute approximate surface area is 103 Å². The lowest BCUT2D eigenvalue weighted by Crippen LogP contribution is -1.99. The summed E-state index contributed by atoms with van der Waals surface area (Å²) in [6.45, 7) is 0.533. The van der Waals surface area contributed by atoms with E-state index in [4.69, 9.17) is 10.00 Å². The highest BCUT2D eigenvalue weighted by atomic mass is 32.1. The van der Waals surface area contributed by atoms with Gasteiger partial charge in [-0.1, -0.05) is 12.1 Å². The number of ether oxygens (including phenoxy) is 1. The van der Waals surface area contributed by atoms with Crippen molar-refractivity contribution >= 4 is 21.4 Å². The molecule has 0 spiro atoms. The lowest BCUT2D eigenvalue weighted by molar-refractivity contribution is 0.192. The van der Waals surface area contributed by atoms with E-state index < -0.39 is 0 Å². The third-order valence-electron chi connectivity index (χ3n) is 2.72. The molecule has 0 saturated carbocycles. The van der Waals surface area contributed by atoms with Crippen molar-refractivity contribution in [3.8, 4) is 6.07 Å². The highest BCUT2D eigenvalue weighted by molar-refractivity contribution is 7.17. The maximum Gasteiger partial charge on any atom is 0.140 e. The first-order valence-electron chi connectivity index (χ1n) is 5.32. The normalized spacial score (nSPS) is 12.5. The van der Waals surface area contributed by atoms with E-state index in [1.54, 1.807) is 13.2 Å². The number of hydrogen-bond acceptors (Lipinski definition) is 3. The molecule has 1 atom stereocenters. The zero-order valence-corrected chi connectivity index (χ0v) is 10.3. The van der Waals surface area contributed by atoms with Crippen LogP contribution >= 0.6 is 11.3 Å². The van der Waals surface area contributed by atoms with Crippen LogP contribution in [0.4, 0.5) is 4.39 Å². The first-order valence-corrected chi connectivity index (χ1v) is 6.20. The molecule has 0 aliphatic carbocycles. The Bertz CT molecular complexity index is 558. The minimum Gasteiger partial charge on any atom is -0.385 e. The molecule has 0 bridgehead atoms. The summed E-state index contributed by atoms with van der Waals surface area (Å²) in [6, 6.07) is 7.24. The molecule has 2 nitrogen and oxygen atoms in total. The molecule has 0 aliphatic rings. The van der Waals surface area contributed by atoms with Crippen molar-refractivity contribution < 1.29 is 9.13 Å². The topological polar surface area (TPSA) is 33.0 Å². The molecule has 1 unspecified atom stereocenters. The van der Waals surface area contributed by atoms with E-state index in [1.807, 2.05) is 11.4 Å². The summed E-state index contributed by atoms with van der Waals surface area (Å²) in [5.41, 5.74) is 0.907. The number of methoxy groups -OCH3 is 1. The molecule has 88 valence electrons. The molecule has 0 radical (unpaired) electrons. The molecular formula is C13H12FNOS. The van der Waals surface area contributed by atoms with Gasteiger partial charge in [-0.25, -0.2) is 4.39 Å². The van der Waals surface area contributed by atoms with Crippen molar-refractivity contribution in [3.05, 3.63) is 35.0 Å². The van der Waals surface area contributed by atoms with Gasteiger partial charge in [0.2, 0.25) is 0 Å². The van der Waals surface area contributed by atoms with Crippen LogP contribution in [-0.2, 0) is 4.74 Å². The van der Waals surface area contributed by atoms with Gasteiger partial charge in [0.25, 0.3) is 0 Å². The van der Waals surface area contributed by atoms with Crippen molar-refractivity contribution in [1.82, 2.24) is 0 Å². The number of halogens is 1. The van der Waals surface area contributed by atoms with E-state index in [0.717, 1.165) is 10.9 Å². The Morgan fingerprint density at radius 2 is 2.35 bits per heavy atom. The highest BCUT2D eigenvalue weighted by Gasteiger charge is 2.16. The van der Waals surface area contributed by atoms with Crippen molar-refractivity contribution in [2.75, 3.05) is 13.7 Å². The predicted molar refractivity (Wildman–Crippen MR) is 66.6 cm³/mol. The maximum atomic E-state index is 13.5. The Kier molecular flexibility index (Phi) is 3.72. The standard InChI is InChI=1S/C13H12FNOS/c1-16-6-5-9(7-15)11-8-17-13-10(11)3-2-4-12(13)14/h2-4,8-9H,5-6H2,1H3. The fourth-order valence-corrected chi connectivity index (χ4v) is 2.87. The predicted octanol–water partition coefficient (Wildman–Crippen LogP) is 3.68. The second kappa shape index (κ2) is 5.26. The highest BCUT2D eigenvalue weighted by Crippen LogP contribution is 2.34. The summed E-state index contributed by atoms with van der Waals surface area (Å²) in [5.74, 6) is -0.451. The quantitative estimate of drug-likeness (QED) is 0.828. The van der Waals surface area contributed by atoms with E-state index >= 15 is 0 Å². The van der Waals surface area contributed by atoms with Crippen LogP contribution < -0.4 is 0 Å². The monoisotopic (exact) mass is 249 g/mol. The van der Waals surface area contributed by atoms with Gasteiger partial charge in [0.15, 0.2) is 0 Å². The van der Waals surface area contributed by atoms with Gasteiger partial charge in [0.05, 0.1) is 16.7 Å². The molecular weight excluding hydrogens is 237 g/mol. The van der Waals surface area contributed by atoms with Crippen LogP contribution in [0.1, 0.15) is 17.9 Å². The van der Waals surface area contributed by atoms with Gasteiger partial charge in [-0.3, -0.25) is 0 Å². The van der Waals surface area contributed by atoms with Crippen molar-refractivity contribution in [3.63, 3.8) is 0 Å². The minimum absolute atomic E-state index is 0.220. The lowest BCUT2D eigenvalue weighted by atomic mass is 9.97. The van der Waals surface area contributed by atoms with Crippen LogP contribution in [0.5, 0.6) is 0 Å². The molecule has 2 rings (SSSR count). The Morgan fingerprint density at radius 1 is 1.53 bits per heavy atom. The van der Waals surface area contributed by atoms with Gasteiger partial charge in [0, 0.05) is 13.7 Å². The maximum absolute atomic E-state index is 13.5. The second-order valence-corrected chi connectivity index (χ2v) is 4.65. The molecule has 0 amide bonds. The average Bonchev–Trinajstić information content (AvgIpc) is 2.76. The van der Waals surface area contributed by atoms with E-state index in [1.165, 1.54) is 17.4 Å². The van der Waals surface area contributed by atoms with Gasteiger partial charge < -0.3 is 4.74 Å². The Morgan fingerprint density at radius 3 is 3.06 bits per heavy atom. The van der Waals surface area contributed by atoms with Crippen molar-refractivity contribution in [2.45, 2.75) is 12.3 Å². The summed E-state index contributed by atoms with van der Waals surface area (Å²) >= 11 is 1.35. The minimum atomic E-state index is -0.231. The second-order valence-electron chi connectivity index (χ2n) is 3.77. The zero-order chi connectivity index (χ0) is 12.3. The first kappa shape index (κ1) is 12.0. The van der Waals surface area contributed by atoms with Crippen LogP contribution in [0, 0.1) is 17.1 Å². The van der Waals surface area contributed by atoms with Gasteiger partial charge >= 0.3 is 0 Å². The smallest absolute Gasteiger partial charge is 0.140 e. The van der Waals surface area contributed by atoms with Crippen LogP contribution in [0.15, 0.2) is 23.6 Å². The molecule has 1 heterocycles. The SMILES string of the molecule is COCCC(C#N)c1csc2c(F)cccc12. The average molecular weight is 249 g/mol. The molecule has 4 heteroatoms. The van der Waals surface area contributed by atoms with Gasteiger partial charge in [0.1, 0.15) is 5.82 Å². The third-order valence-corrected chi connectivity index (χ3v) is 3.75. The van der Waals surface area contributed by atoms with Crippen LogP contribution in [0.2, 0.25) is 0 Å². The third kappa shape index (κ3) is 2.31. The summed E-state index contributed by atoms with van der Waals surface area (Å²) < 4.78 is 19.1. The fraction of sp³-hybridized carbons (Fsp3) is 0.308. The fourth-order valence-electron chi connectivity index (χ4n) is 1.84. The van der Waals surface area contributed by atoms with Crippen LogP contribution in [-0.4, -0.2) is 13.7 Å². The molecule has 17 heavy (non-hydrogen) atoms. The lowest BCUT2D eigenvalue weighted by Gasteiger charge is -2.07. The number of fused-ring (bicyclic) bond motifs is 1. The molecule has 0 saturated heterocycles. The van der Waals surface area contributed by atoms with Gasteiger partial charge in [-0.15, -0.1) is 11.3 Å². The number of hydrogen-bond donors (Lipinski definition) is 0. The number of rotatable bonds is 4. The molecule has 1 aromatic heterocycles. The molecule has 2 aromatic rings. The van der Waals surface area contributed by atoms with E-state index in [-0.39, 0.29) is 11.7 Å². The number of thiophene rings is 1. The molecule has 0 aliphatic heterocycles. The van der Waals surface area contributed by atoms with E-state index in [2.05, 4.69) is 6.07 Å². The number of benzene rings is 1. The van der Waals surface area contributed by atoms with Crippen LogP contribution in [0.3, 0.4) is 0 Å². The molecule has 0 fully saturated rings. The zero-order valence-electron chi connectivity index (χ0n) is 9.44. The van der Waals surface area contributed by atoms with Gasteiger partial charge in [-0.05, 0) is 28.8 Å². The van der Waals surface area contributed by atoms with Crippen molar-refractivity contribution in [1.29, 1.82) is 5.26 Å². The largest absolute Gasteiger partial charge is 0.385 e. The van der Waals surface area contributed by atoms with Gasteiger partial charge in [-0.2, -0.15) is 5.26 Å². The first-order chi connectivity index (χ1) is 8.27. The van der Waals surface area contributed by atoms with E-state index in [9.17, 15) is 4.39 Å². The van der Waals surface area contributed by atoms with E-state index in [0.29, 0.717) is 17.7 Å². The molecule has 0 N–H and O–H groups in total. The summed E-state index contributed by atoms with van der Waals surface area (Å²) in [4.78, 5) is 0. The Balaban J connectivity index is 2.41. The summed E-state index contributed by atoms with van der Waals surface area (Å²) in [5, 5.41) is 11.9. The molecule has 1 aromatic carbocycles. The number of nitriles is 1. The summed E-state index contributed by atoms with van der Waals surface area (Å²) in [7, 11) is 1.61. The van der Waals surface area contributed by atoms with Crippen molar-refractivity contribution in [2.24, 2.45) is 0 Å². The van der Waals surface area contributed by atoms with Crippen LogP contribution in [0.25, 0.3) is 10.1 Å². The number of nitrogens with zero attached hydrogens (tertiary/aromatic N) is 1.